The van der Waals surface area contributed by atoms with Gasteiger partial charge in [0.2, 0.25) is 0 Å². The van der Waals surface area contributed by atoms with Gasteiger partial charge >= 0.3 is 0 Å². The van der Waals surface area contributed by atoms with E-state index in [1.807, 2.05) is 25.3 Å². The number of pyridine rings is 1. The Bertz CT molecular complexity index is 361. The molecule has 1 N–H and O–H groups in total. The maximum absolute atomic E-state index is 5.56. The summed E-state index contributed by atoms with van der Waals surface area (Å²) in [6, 6.07) is 3.88. The van der Waals surface area contributed by atoms with E-state index in [1.54, 1.807) is 0 Å². The Kier molecular flexibility index (Phi) is 3.87. The molecule has 1 aliphatic carbocycles. The van der Waals surface area contributed by atoms with Crippen LogP contribution in [0.5, 0.6) is 5.75 Å². The van der Waals surface area contributed by atoms with Gasteiger partial charge in [0.05, 0.1) is 6.61 Å². The Morgan fingerprint density at radius 1 is 1.41 bits per heavy atom. The van der Waals surface area contributed by atoms with E-state index in [1.165, 1.54) is 25.7 Å². The predicted molar refractivity (Wildman–Crippen MR) is 70.5 cm³/mol. The second-order valence-electron chi connectivity index (χ2n) is 4.89. The maximum Gasteiger partial charge on any atom is 0.168 e. The molecule has 17 heavy (non-hydrogen) atoms. The van der Waals surface area contributed by atoms with Crippen LogP contribution in [-0.4, -0.2) is 18.1 Å². The molecule has 0 aliphatic heterocycles. The second kappa shape index (κ2) is 5.39. The smallest absolute Gasteiger partial charge is 0.168 e. The number of anilines is 1. The van der Waals surface area contributed by atoms with Crippen molar-refractivity contribution >= 4 is 5.82 Å². The van der Waals surface area contributed by atoms with Crippen LogP contribution in [0.25, 0.3) is 0 Å². The topological polar surface area (TPSA) is 34.2 Å². The van der Waals surface area contributed by atoms with Crippen molar-refractivity contribution < 1.29 is 4.74 Å². The molecule has 3 nitrogen and oxygen atoms in total. The summed E-state index contributed by atoms with van der Waals surface area (Å²) in [7, 11) is 0. The molecule has 0 unspecified atom stereocenters. The van der Waals surface area contributed by atoms with Crippen LogP contribution in [0.2, 0.25) is 0 Å². The first-order valence-electron chi connectivity index (χ1n) is 6.61. The first kappa shape index (κ1) is 12.2. The van der Waals surface area contributed by atoms with E-state index in [9.17, 15) is 0 Å². The zero-order valence-electron chi connectivity index (χ0n) is 10.8. The van der Waals surface area contributed by atoms with Crippen LogP contribution < -0.4 is 10.1 Å². The van der Waals surface area contributed by atoms with Crippen LogP contribution in [0.1, 0.15) is 39.5 Å². The Balaban J connectivity index is 1.94. The summed E-state index contributed by atoms with van der Waals surface area (Å²) in [5, 5.41) is 3.45. The van der Waals surface area contributed by atoms with Gasteiger partial charge < -0.3 is 10.1 Å². The summed E-state index contributed by atoms with van der Waals surface area (Å²) in [5.41, 5.74) is 0.537. The summed E-state index contributed by atoms with van der Waals surface area (Å²) in [6.45, 7) is 5.96. The molecule has 0 amide bonds. The standard InChI is InChI=1S/C14H22N2O/c1-3-7-14(8-9-14)11-16-13-12(17-4-2)6-5-10-15-13/h5-6,10H,3-4,7-9,11H2,1-2H3,(H,15,16). The molecule has 0 saturated heterocycles. The summed E-state index contributed by atoms with van der Waals surface area (Å²) in [5.74, 6) is 1.75. The lowest BCUT2D eigenvalue weighted by molar-refractivity contribution is 0.340. The highest BCUT2D eigenvalue weighted by atomic mass is 16.5. The number of aromatic nitrogens is 1. The van der Waals surface area contributed by atoms with Crippen LogP contribution in [0.3, 0.4) is 0 Å². The van der Waals surface area contributed by atoms with E-state index in [0.717, 1.165) is 18.1 Å². The molecule has 2 rings (SSSR count). The van der Waals surface area contributed by atoms with E-state index >= 15 is 0 Å². The highest BCUT2D eigenvalue weighted by molar-refractivity contribution is 5.49. The Morgan fingerprint density at radius 2 is 2.24 bits per heavy atom. The lowest BCUT2D eigenvalue weighted by Crippen LogP contribution is -2.16. The minimum absolute atomic E-state index is 0.537. The molecular formula is C14H22N2O. The largest absolute Gasteiger partial charge is 0.490 e. The fourth-order valence-corrected chi connectivity index (χ4v) is 2.29. The number of hydrogen-bond acceptors (Lipinski definition) is 3. The zero-order chi connectivity index (χ0) is 12.1. The molecule has 1 saturated carbocycles. The van der Waals surface area contributed by atoms with Crippen molar-refractivity contribution in [3.63, 3.8) is 0 Å². The van der Waals surface area contributed by atoms with E-state index in [-0.39, 0.29) is 0 Å². The number of nitrogens with one attached hydrogen (secondary N) is 1. The number of nitrogens with zero attached hydrogens (tertiary/aromatic N) is 1. The average molecular weight is 234 g/mol. The minimum atomic E-state index is 0.537. The fourth-order valence-electron chi connectivity index (χ4n) is 2.29. The van der Waals surface area contributed by atoms with Crippen molar-refractivity contribution in [3.8, 4) is 5.75 Å². The first-order chi connectivity index (χ1) is 8.29. The average Bonchev–Trinajstić information content (AvgIpc) is 3.09. The summed E-state index contributed by atoms with van der Waals surface area (Å²) in [4.78, 5) is 4.35. The van der Waals surface area contributed by atoms with Gasteiger partial charge in [-0.2, -0.15) is 0 Å². The minimum Gasteiger partial charge on any atom is -0.490 e. The third-order valence-corrected chi connectivity index (χ3v) is 3.44. The first-order valence-corrected chi connectivity index (χ1v) is 6.61. The van der Waals surface area contributed by atoms with Gasteiger partial charge in [0.25, 0.3) is 0 Å². The zero-order valence-corrected chi connectivity index (χ0v) is 10.8. The maximum atomic E-state index is 5.56. The summed E-state index contributed by atoms with van der Waals surface area (Å²) in [6.07, 6.45) is 7.10. The monoisotopic (exact) mass is 234 g/mol. The van der Waals surface area contributed by atoms with Crippen molar-refractivity contribution in [1.29, 1.82) is 0 Å². The molecule has 0 radical (unpaired) electrons. The molecule has 1 aliphatic rings. The van der Waals surface area contributed by atoms with Gasteiger partial charge in [-0.05, 0) is 43.7 Å². The molecule has 1 aromatic rings. The summed E-state index contributed by atoms with van der Waals surface area (Å²) >= 11 is 0. The van der Waals surface area contributed by atoms with Crippen LogP contribution in [-0.2, 0) is 0 Å². The van der Waals surface area contributed by atoms with Gasteiger partial charge in [-0.3, -0.25) is 0 Å². The van der Waals surface area contributed by atoms with Crippen LogP contribution in [0.15, 0.2) is 18.3 Å². The molecule has 94 valence electrons. The molecule has 0 atom stereocenters. The lowest BCUT2D eigenvalue weighted by atomic mass is 10.0. The van der Waals surface area contributed by atoms with Gasteiger partial charge in [0.1, 0.15) is 0 Å². The third kappa shape index (κ3) is 3.11. The SMILES string of the molecule is CCCC1(CNc2ncccc2OCC)CC1. The third-order valence-electron chi connectivity index (χ3n) is 3.44. The molecule has 1 fully saturated rings. The van der Waals surface area contributed by atoms with E-state index < -0.39 is 0 Å². The van der Waals surface area contributed by atoms with E-state index in [4.69, 9.17) is 4.74 Å². The highest BCUT2D eigenvalue weighted by Crippen LogP contribution is 2.49. The van der Waals surface area contributed by atoms with Crippen molar-refractivity contribution in [2.24, 2.45) is 5.41 Å². The van der Waals surface area contributed by atoms with Crippen LogP contribution in [0.4, 0.5) is 5.82 Å². The van der Waals surface area contributed by atoms with Gasteiger partial charge in [0.15, 0.2) is 11.6 Å². The highest BCUT2D eigenvalue weighted by Gasteiger charge is 2.41. The van der Waals surface area contributed by atoms with Gasteiger partial charge in [0, 0.05) is 12.7 Å². The van der Waals surface area contributed by atoms with Crippen LogP contribution in [0, 0.1) is 5.41 Å². The van der Waals surface area contributed by atoms with E-state index in [0.29, 0.717) is 12.0 Å². The molecule has 3 heteroatoms. The van der Waals surface area contributed by atoms with Crippen molar-refractivity contribution in [2.45, 2.75) is 39.5 Å². The lowest BCUT2D eigenvalue weighted by Gasteiger charge is -2.17. The van der Waals surface area contributed by atoms with Crippen molar-refractivity contribution in [2.75, 3.05) is 18.5 Å². The van der Waals surface area contributed by atoms with E-state index in [2.05, 4.69) is 17.2 Å². The molecule has 0 aromatic carbocycles. The fraction of sp³-hybridized carbons (Fsp3) is 0.643. The van der Waals surface area contributed by atoms with Gasteiger partial charge in [-0.15, -0.1) is 0 Å². The van der Waals surface area contributed by atoms with Crippen molar-refractivity contribution in [1.82, 2.24) is 4.98 Å². The van der Waals surface area contributed by atoms with Crippen LogP contribution >= 0.6 is 0 Å². The summed E-state index contributed by atoms with van der Waals surface area (Å²) < 4.78 is 5.56. The molecule has 1 aromatic heterocycles. The molecule has 0 spiro atoms. The molecule has 0 bridgehead atoms. The number of ether oxygens (including phenoxy) is 1. The Labute approximate surface area is 104 Å². The van der Waals surface area contributed by atoms with Gasteiger partial charge in [-0.1, -0.05) is 13.3 Å². The molecule has 1 heterocycles. The molecular weight excluding hydrogens is 212 g/mol. The normalized spacial score (nSPS) is 16.6. The Hall–Kier alpha value is -1.25. The van der Waals surface area contributed by atoms with Crippen molar-refractivity contribution in [3.05, 3.63) is 18.3 Å². The van der Waals surface area contributed by atoms with Gasteiger partial charge in [-0.25, -0.2) is 4.98 Å². The second-order valence-corrected chi connectivity index (χ2v) is 4.89. The Morgan fingerprint density at radius 3 is 2.88 bits per heavy atom. The quantitative estimate of drug-likeness (QED) is 0.784. The number of hydrogen-bond donors (Lipinski definition) is 1. The number of rotatable bonds is 7. The predicted octanol–water partition coefficient (Wildman–Crippen LogP) is 3.47.